The standard InChI is InChI=1S/C15H25N6O4PS/c1-11(13-4-3-9-27-13)17-20-10-21(12(2)14(24)25)26(18-15(20)16)19(5-7-22)6-8-23/h3-4,9,12,22-23H,5-8,10H2,1-2H3,(H2,16,18)(H,24,25)/b17-11+. The molecule has 0 saturated carbocycles. The molecule has 0 amide bonds. The van der Waals surface area contributed by atoms with Crippen LogP contribution < -0.4 is 5.73 Å². The first kappa shape index (κ1) is 21.7. The summed E-state index contributed by atoms with van der Waals surface area (Å²) in [6.45, 7) is 3.80. The number of carboxylic acid groups (broad SMARTS) is 1. The number of nitrogens with two attached hydrogens (primary N) is 1. The largest absolute Gasteiger partial charge is 0.480 e. The van der Waals surface area contributed by atoms with Crippen LogP contribution in [0.15, 0.2) is 27.4 Å². The molecule has 2 rings (SSSR count). The van der Waals surface area contributed by atoms with Gasteiger partial charge in [-0.3, -0.25) is 4.79 Å². The Morgan fingerprint density at radius 3 is 2.67 bits per heavy atom. The maximum Gasteiger partial charge on any atom is 0.321 e. The maximum absolute atomic E-state index is 11.6. The molecule has 0 radical (unpaired) electrons. The Balaban J connectivity index is 2.35. The average molecular weight is 416 g/mol. The zero-order valence-electron chi connectivity index (χ0n) is 15.3. The summed E-state index contributed by atoms with van der Waals surface area (Å²) in [7, 11) is -1.50. The molecule has 1 aliphatic heterocycles. The maximum atomic E-state index is 11.6. The van der Waals surface area contributed by atoms with E-state index in [2.05, 4.69) is 9.86 Å². The lowest BCUT2D eigenvalue weighted by molar-refractivity contribution is -0.141. The summed E-state index contributed by atoms with van der Waals surface area (Å²) < 4.78 is 7.88. The molecule has 1 aliphatic rings. The highest BCUT2D eigenvalue weighted by Gasteiger charge is 2.38. The lowest BCUT2D eigenvalue weighted by Crippen LogP contribution is -2.51. The highest BCUT2D eigenvalue weighted by molar-refractivity contribution is 7.51. The molecule has 0 aliphatic carbocycles. The van der Waals surface area contributed by atoms with Crippen molar-refractivity contribution in [2.75, 3.05) is 33.0 Å². The van der Waals surface area contributed by atoms with E-state index in [1.807, 2.05) is 24.4 Å². The first-order chi connectivity index (χ1) is 12.9. The van der Waals surface area contributed by atoms with Gasteiger partial charge in [-0.1, -0.05) is 6.07 Å². The van der Waals surface area contributed by atoms with Crippen LogP contribution in [0.4, 0.5) is 0 Å². The molecule has 0 fully saturated rings. The van der Waals surface area contributed by atoms with Crippen molar-refractivity contribution in [3.05, 3.63) is 22.4 Å². The molecule has 12 heteroatoms. The summed E-state index contributed by atoms with van der Waals surface area (Å²) in [5, 5.41) is 36.0. The number of thiophene rings is 1. The van der Waals surface area contributed by atoms with Crippen molar-refractivity contribution in [1.82, 2.24) is 14.3 Å². The number of carbonyl (C=O) groups is 1. The minimum absolute atomic E-state index is 0.136. The van der Waals surface area contributed by atoms with E-state index in [4.69, 9.17) is 5.73 Å². The van der Waals surface area contributed by atoms with Crippen molar-refractivity contribution in [3.63, 3.8) is 0 Å². The summed E-state index contributed by atoms with van der Waals surface area (Å²) in [4.78, 5) is 12.6. The van der Waals surface area contributed by atoms with Gasteiger partial charge >= 0.3 is 5.97 Å². The molecule has 0 saturated heterocycles. The van der Waals surface area contributed by atoms with Crippen LogP contribution in [0.1, 0.15) is 18.7 Å². The molecule has 1 aromatic rings. The molecule has 27 heavy (non-hydrogen) atoms. The fraction of sp³-hybridized carbons (Fsp3) is 0.533. The molecule has 5 N–H and O–H groups in total. The van der Waals surface area contributed by atoms with Gasteiger partial charge in [0.1, 0.15) is 12.7 Å². The molecule has 2 heterocycles. The van der Waals surface area contributed by atoms with Gasteiger partial charge in [0, 0.05) is 13.1 Å². The average Bonchev–Trinajstić information content (AvgIpc) is 3.17. The number of rotatable bonds is 9. The number of aliphatic carboxylic acids is 1. The zero-order chi connectivity index (χ0) is 20.0. The fourth-order valence-corrected chi connectivity index (χ4v) is 5.12. The summed E-state index contributed by atoms with van der Waals surface area (Å²) in [6, 6.07) is 3.02. The van der Waals surface area contributed by atoms with E-state index in [1.54, 1.807) is 27.6 Å². The Kier molecular flexibility index (Phi) is 8.08. The SMILES string of the molecule is C/C(=N\N1CN(C(C)C(=O)O)P(N(CCO)CCO)N=C1N)c1cccs1. The molecule has 0 aromatic carbocycles. The van der Waals surface area contributed by atoms with Crippen LogP contribution in [-0.2, 0) is 4.79 Å². The van der Waals surface area contributed by atoms with E-state index in [0.29, 0.717) is 0 Å². The van der Waals surface area contributed by atoms with Crippen molar-refractivity contribution in [1.29, 1.82) is 0 Å². The van der Waals surface area contributed by atoms with E-state index in [0.717, 1.165) is 10.6 Å². The Morgan fingerprint density at radius 1 is 1.48 bits per heavy atom. The molecule has 150 valence electrons. The van der Waals surface area contributed by atoms with Gasteiger partial charge in [0.05, 0.1) is 23.8 Å². The van der Waals surface area contributed by atoms with Crippen LogP contribution in [0.25, 0.3) is 0 Å². The van der Waals surface area contributed by atoms with E-state index in [1.165, 1.54) is 5.01 Å². The van der Waals surface area contributed by atoms with Crippen LogP contribution in [0.3, 0.4) is 0 Å². The van der Waals surface area contributed by atoms with E-state index >= 15 is 0 Å². The Labute approximate surface area is 163 Å². The van der Waals surface area contributed by atoms with Gasteiger partial charge in [-0.25, -0.2) is 14.3 Å². The monoisotopic (exact) mass is 416 g/mol. The number of guanidine groups is 1. The van der Waals surface area contributed by atoms with Crippen molar-refractivity contribution >= 4 is 37.4 Å². The first-order valence-corrected chi connectivity index (χ1v) is 10.4. The number of hydrogen-bond donors (Lipinski definition) is 4. The number of carboxylic acids is 1. The first-order valence-electron chi connectivity index (χ1n) is 8.35. The third-order valence-corrected chi connectivity index (χ3v) is 7.09. The predicted molar refractivity (Wildman–Crippen MR) is 106 cm³/mol. The molecule has 0 bridgehead atoms. The lowest BCUT2D eigenvalue weighted by Gasteiger charge is -2.42. The quantitative estimate of drug-likeness (QED) is 0.334. The third-order valence-electron chi connectivity index (χ3n) is 3.89. The molecule has 2 atom stereocenters. The minimum Gasteiger partial charge on any atom is -0.480 e. The van der Waals surface area contributed by atoms with Gasteiger partial charge in [0.2, 0.25) is 5.96 Å². The molecule has 2 unspecified atom stereocenters. The Bertz CT molecular complexity index is 680. The van der Waals surface area contributed by atoms with Gasteiger partial charge < -0.3 is 21.1 Å². The van der Waals surface area contributed by atoms with Crippen molar-refractivity contribution in [2.24, 2.45) is 15.6 Å². The van der Waals surface area contributed by atoms with Crippen LogP contribution in [0.2, 0.25) is 0 Å². The smallest absolute Gasteiger partial charge is 0.321 e. The van der Waals surface area contributed by atoms with Crippen molar-refractivity contribution in [3.8, 4) is 0 Å². The normalized spacial score (nSPS) is 20.0. The molecular weight excluding hydrogens is 391 g/mol. The Morgan fingerprint density at radius 2 is 2.15 bits per heavy atom. The topological polar surface area (TPSA) is 138 Å². The van der Waals surface area contributed by atoms with E-state index in [-0.39, 0.29) is 38.9 Å². The van der Waals surface area contributed by atoms with Gasteiger partial charge in [-0.2, -0.15) is 9.86 Å². The fourth-order valence-electron chi connectivity index (χ4n) is 2.42. The number of hydrazone groups is 1. The highest BCUT2D eigenvalue weighted by atomic mass is 32.1. The highest BCUT2D eigenvalue weighted by Crippen LogP contribution is 2.49. The van der Waals surface area contributed by atoms with E-state index in [9.17, 15) is 20.1 Å². The van der Waals surface area contributed by atoms with Crippen LogP contribution in [-0.4, -0.2) is 86.3 Å². The summed E-state index contributed by atoms with van der Waals surface area (Å²) in [6.07, 6.45) is 0. The third kappa shape index (κ3) is 5.44. The van der Waals surface area contributed by atoms with Gasteiger partial charge in [-0.05, 0) is 25.3 Å². The summed E-state index contributed by atoms with van der Waals surface area (Å²) >= 11 is 1.55. The van der Waals surface area contributed by atoms with Gasteiger partial charge in [-0.15, -0.1) is 11.3 Å². The van der Waals surface area contributed by atoms with Crippen LogP contribution >= 0.6 is 19.7 Å². The van der Waals surface area contributed by atoms with Crippen LogP contribution in [0, 0.1) is 0 Å². The van der Waals surface area contributed by atoms with Crippen molar-refractivity contribution in [2.45, 2.75) is 19.9 Å². The minimum atomic E-state index is -1.50. The second kappa shape index (κ2) is 10.1. The molecule has 0 spiro atoms. The second-order valence-corrected chi connectivity index (χ2v) is 8.55. The zero-order valence-corrected chi connectivity index (χ0v) is 17.0. The molecule has 10 nitrogen and oxygen atoms in total. The summed E-state index contributed by atoms with van der Waals surface area (Å²) in [5.74, 6) is -0.822. The van der Waals surface area contributed by atoms with Crippen LogP contribution in [0.5, 0.6) is 0 Å². The van der Waals surface area contributed by atoms with Gasteiger partial charge in [0.25, 0.3) is 0 Å². The molecule has 1 aromatic heterocycles. The number of hydrogen-bond acceptors (Lipinski definition) is 10. The van der Waals surface area contributed by atoms with Gasteiger partial charge in [0.15, 0.2) is 8.37 Å². The number of aliphatic hydroxyl groups is 2. The molecular formula is C15H25N6O4PS. The van der Waals surface area contributed by atoms with Crippen molar-refractivity contribution < 1.29 is 20.1 Å². The number of aliphatic hydroxyl groups excluding tert-OH is 2. The predicted octanol–water partition coefficient (Wildman–Crippen LogP) is 0.349. The number of nitrogens with zero attached hydrogens (tertiary/aromatic N) is 5. The summed E-state index contributed by atoms with van der Waals surface area (Å²) in [5.41, 5.74) is 6.85. The second-order valence-electron chi connectivity index (χ2n) is 5.78. The lowest BCUT2D eigenvalue weighted by atomic mass is 10.3. The van der Waals surface area contributed by atoms with E-state index < -0.39 is 20.4 Å². The Hall–Kier alpha value is -1.62.